The molecule has 2 aromatic rings. The van der Waals surface area contributed by atoms with E-state index in [-0.39, 0.29) is 24.8 Å². The monoisotopic (exact) mass is 469 g/mol. The fraction of sp³-hybridized carbons (Fsp3) is 0.423. The van der Waals surface area contributed by atoms with Gasteiger partial charge in [-0.3, -0.25) is 9.59 Å². The molecule has 0 radical (unpaired) electrons. The van der Waals surface area contributed by atoms with E-state index in [1.165, 1.54) is 0 Å². The molecule has 0 aliphatic heterocycles. The van der Waals surface area contributed by atoms with Crippen molar-refractivity contribution in [1.82, 2.24) is 10.6 Å². The molecule has 3 amide bonds. The Kier molecular flexibility index (Phi) is 10.4. The number of nitrogens with one attached hydrogen (secondary N) is 3. The molecule has 3 N–H and O–H groups in total. The molecule has 0 unspecified atom stereocenters. The minimum Gasteiger partial charge on any atom is -0.493 e. The van der Waals surface area contributed by atoms with Crippen LogP contribution in [-0.4, -0.2) is 36.7 Å². The second-order valence-corrected chi connectivity index (χ2v) is 8.88. The summed E-state index contributed by atoms with van der Waals surface area (Å²) in [5, 5.41) is 8.27. The molecule has 184 valence electrons. The minimum atomic E-state index is -0.594. The number of carbonyl (C=O) groups is 3. The quantitative estimate of drug-likeness (QED) is 0.425. The molecule has 0 bridgehead atoms. The van der Waals surface area contributed by atoms with Crippen molar-refractivity contribution < 1.29 is 23.9 Å². The van der Waals surface area contributed by atoms with Gasteiger partial charge in [0.15, 0.2) is 0 Å². The highest BCUT2D eigenvalue weighted by Gasteiger charge is 2.16. The number of alkyl carbamates (subject to hydrolysis) is 1. The van der Waals surface area contributed by atoms with Crippen molar-refractivity contribution in [3.63, 3.8) is 0 Å². The van der Waals surface area contributed by atoms with Crippen molar-refractivity contribution in [3.05, 3.63) is 59.7 Å². The van der Waals surface area contributed by atoms with Crippen LogP contribution < -0.4 is 20.7 Å². The van der Waals surface area contributed by atoms with Crippen LogP contribution >= 0.6 is 0 Å². The molecule has 0 fully saturated rings. The Balaban J connectivity index is 1.71. The lowest BCUT2D eigenvalue weighted by Crippen LogP contribution is -2.34. The number of para-hydroxylation sites is 2. The third-order valence-corrected chi connectivity index (χ3v) is 4.69. The molecule has 8 heteroatoms. The van der Waals surface area contributed by atoms with E-state index < -0.39 is 11.7 Å². The normalized spacial score (nSPS) is 10.8. The minimum absolute atomic E-state index is 0.0870. The van der Waals surface area contributed by atoms with Gasteiger partial charge in [0.2, 0.25) is 11.8 Å². The SMILES string of the molecule is Cc1ccccc1OCCCC(=O)NCc1ccccc1NC(=O)CCNC(=O)OC(C)(C)C. The van der Waals surface area contributed by atoms with Gasteiger partial charge in [0.1, 0.15) is 11.4 Å². The van der Waals surface area contributed by atoms with Crippen molar-refractivity contribution in [2.45, 2.75) is 59.1 Å². The number of ether oxygens (including phenoxy) is 2. The third-order valence-electron chi connectivity index (χ3n) is 4.69. The van der Waals surface area contributed by atoms with E-state index in [0.717, 1.165) is 16.9 Å². The Labute approximate surface area is 201 Å². The van der Waals surface area contributed by atoms with Gasteiger partial charge in [0, 0.05) is 31.6 Å². The Morgan fingerprint density at radius 2 is 1.59 bits per heavy atom. The molecule has 8 nitrogen and oxygen atoms in total. The van der Waals surface area contributed by atoms with Gasteiger partial charge in [0.05, 0.1) is 6.61 Å². The van der Waals surface area contributed by atoms with Crippen LogP contribution in [0.5, 0.6) is 5.75 Å². The first-order valence-electron chi connectivity index (χ1n) is 11.4. The summed E-state index contributed by atoms with van der Waals surface area (Å²) in [5.41, 5.74) is 1.88. The predicted octanol–water partition coefficient (Wildman–Crippen LogP) is 4.32. The van der Waals surface area contributed by atoms with Crippen LogP contribution in [0.4, 0.5) is 10.5 Å². The molecule has 0 aliphatic carbocycles. The summed E-state index contributed by atoms with van der Waals surface area (Å²) in [6, 6.07) is 15.0. The van der Waals surface area contributed by atoms with E-state index in [0.29, 0.717) is 31.7 Å². The number of hydrogen-bond donors (Lipinski definition) is 3. The van der Waals surface area contributed by atoms with E-state index >= 15 is 0 Å². The zero-order valence-corrected chi connectivity index (χ0v) is 20.4. The van der Waals surface area contributed by atoms with Crippen molar-refractivity contribution in [2.24, 2.45) is 0 Å². The third kappa shape index (κ3) is 10.4. The van der Waals surface area contributed by atoms with Crippen molar-refractivity contribution >= 4 is 23.6 Å². The molecule has 0 aromatic heterocycles. The van der Waals surface area contributed by atoms with E-state index in [1.54, 1.807) is 26.8 Å². The highest BCUT2D eigenvalue weighted by atomic mass is 16.6. The number of carbonyl (C=O) groups excluding carboxylic acids is 3. The van der Waals surface area contributed by atoms with Crippen LogP contribution in [0.3, 0.4) is 0 Å². The summed E-state index contributed by atoms with van der Waals surface area (Å²) in [4.78, 5) is 36.2. The van der Waals surface area contributed by atoms with Crippen LogP contribution in [0, 0.1) is 6.92 Å². The molecule has 0 atom stereocenters. The Hall–Kier alpha value is -3.55. The molecular weight excluding hydrogens is 434 g/mol. The average molecular weight is 470 g/mol. The first-order valence-corrected chi connectivity index (χ1v) is 11.4. The summed E-state index contributed by atoms with van der Waals surface area (Å²) in [5.74, 6) is 0.494. The molecule has 0 aliphatic rings. The molecule has 34 heavy (non-hydrogen) atoms. The summed E-state index contributed by atoms with van der Waals surface area (Å²) in [7, 11) is 0. The Bertz CT molecular complexity index is 969. The maximum atomic E-state index is 12.3. The second kappa shape index (κ2) is 13.2. The van der Waals surface area contributed by atoms with E-state index in [1.807, 2.05) is 49.4 Å². The van der Waals surface area contributed by atoms with E-state index in [9.17, 15) is 14.4 Å². The summed E-state index contributed by atoms with van der Waals surface area (Å²) < 4.78 is 10.9. The van der Waals surface area contributed by atoms with Crippen molar-refractivity contribution in [1.29, 1.82) is 0 Å². The predicted molar refractivity (Wildman–Crippen MR) is 132 cm³/mol. The first kappa shape index (κ1) is 26.7. The lowest BCUT2D eigenvalue weighted by Gasteiger charge is -2.19. The fourth-order valence-corrected chi connectivity index (χ4v) is 3.02. The van der Waals surface area contributed by atoms with Crippen molar-refractivity contribution in [3.8, 4) is 5.75 Å². The molecule has 2 rings (SSSR count). The number of aryl methyl sites for hydroxylation is 1. The van der Waals surface area contributed by atoms with Gasteiger partial charge in [-0.1, -0.05) is 36.4 Å². The van der Waals surface area contributed by atoms with Crippen LogP contribution in [-0.2, 0) is 20.9 Å². The number of amides is 3. The number of benzene rings is 2. The van der Waals surface area contributed by atoms with Gasteiger partial charge in [0.25, 0.3) is 0 Å². The summed E-state index contributed by atoms with van der Waals surface area (Å²) in [6.07, 6.45) is 0.480. The number of hydrogen-bond acceptors (Lipinski definition) is 5. The molecule has 2 aromatic carbocycles. The van der Waals surface area contributed by atoms with Gasteiger partial charge >= 0.3 is 6.09 Å². The number of rotatable bonds is 11. The number of anilines is 1. The second-order valence-electron chi connectivity index (χ2n) is 8.88. The van der Waals surface area contributed by atoms with Crippen LogP contribution in [0.2, 0.25) is 0 Å². The van der Waals surface area contributed by atoms with Gasteiger partial charge in [-0.15, -0.1) is 0 Å². The standard InChI is InChI=1S/C26H35N3O5/c1-19-10-5-8-13-22(19)33-17-9-14-23(30)28-18-20-11-6-7-12-21(20)29-24(31)15-16-27-25(32)34-26(2,3)4/h5-8,10-13H,9,14-18H2,1-4H3,(H,27,32)(H,28,30)(H,29,31). The molecular formula is C26H35N3O5. The van der Waals surface area contributed by atoms with Gasteiger partial charge in [-0.05, 0) is 57.4 Å². The fourth-order valence-electron chi connectivity index (χ4n) is 3.02. The largest absolute Gasteiger partial charge is 0.493 e. The lowest BCUT2D eigenvalue weighted by atomic mass is 10.1. The van der Waals surface area contributed by atoms with E-state index in [2.05, 4.69) is 16.0 Å². The molecule has 0 saturated heterocycles. The van der Waals surface area contributed by atoms with Crippen LogP contribution in [0.25, 0.3) is 0 Å². The van der Waals surface area contributed by atoms with Crippen LogP contribution in [0.15, 0.2) is 48.5 Å². The topological polar surface area (TPSA) is 106 Å². The molecule has 0 saturated carbocycles. The van der Waals surface area contributed by atoms with E-state index in [4.69, 9.17) is 9.47 Å². The summed E-state index contributed by atoms with van der Waals surface area (Å²) in [6.45, 7) is 8.21. The van der Waals surface area contributed by atoms with Gasteiger partial charge in [-0.25, -0.2) is 4.79 Å². The van der Waals surface area contributed by atoms with Gasteiger partial charge < -0.3 is 25.4 Å². The first-order chi connectivity index (χ1) is 16.1. The highest BCUT2D eigenvalue weighted by molar-refractivity contribution is 5.92. The maximum absolute atomic E-state index is 12.3. The molecule has 0 spiro atoms. The zero-order valence-electron chi connectivity index (χ0n) is 20.4. The van der Waals surface area contributed by atoms with Crippen molar-refractivity contribution in [2.75, 3.05) is 18.5 Å². The average Bonchev–Trinajstić information content (AvgIpc) is 2.76. The Morgan fingerprint density at radius 3 is 2.32 bits per heavy atom. The maximum Gasteiger partial charge on any atom is 0.407 e. The lowest BCUT2D eigenvalue weighted by molar-refractivity contribution is -0.121. The Morgan fingerprint density at radius 1 is 0.882 bits per heavy atom. The summed E-state index contributed by atoms with van der Waals surface area (Å²) >= 11 is 0. The highest BCUT2D eigenvalue weighted by Crippen LogP contribution is 2.17. The zero-order chi connectivity index (χ0) is 25.0. The van der Waals surface area contributed by atoms with Crippen LogP contribution in [0.1, 0.15) is 51.2 Å². The molecule has 0 heterocycles. The smallest absolute Gasteiger partial charge is 0.407 e. The van der Waals surface area contributed by atoms with Gasteiger partial charge in [-0.2, -0.15) is 0 Å².